The van der Waals surface area contributed by atoms with Gasteiger partial charge in [0.2, 0.25) is 0 Å². The Bertz CT molecular complexity index is 481. The molecule has 2 rings (SSSR count). The highest BCUT2D eigenvalue weighted by Crippen LogP contribution is 2.60. The zero-order valence-electron chi connectivity index (χ0n) is 11.0. The largest absolute Gasteiger partial charge is 0.468 e. The van der Waals surface area contributed by atoms with Crippen molar-refractivity contribution >= 4 is 6.03 Å². The van der Waals surface area contributed by atoms with Crippen LogP contribution in [0.25, 0.3) is 0 Å². The molecule has 0 atom stereocenters. The minimum absolute atomic E-state index is 0.0534. The standard InChI is InChI=1S/C12H16F3N3O2/c1-20-10-17-7-8-18(10)9(19)16-6-2-3-11(4-5-11)12(13,14)15/h7-8H,2-6H2,1H3,(H,16,19). The number of alkyl halides is 3. The van der Waals surface area contributed by atoms with Crippen molar-refractivity contribution in [1.82, 2.24) is 14.9 Å². The summed E-state index contributed by atoms with van der Waals surface area (Å²) in [5.41, 5.74) is -1.51. The Kier molecular flexibility index (Phi) is 3.92. The lowest BCUT2D eigenvalue weighted by Crippen LogP contribution is -2.31. The maximum Gasteiger partial charge on any atom is 0.394 e. The smallest absolute Gasteiger partial charge is 0.394 e. The first-order valence-electron chi connectivity index (χ1n) is 6.32. The summed E-state index contributed by atoms with van der Waals surface area (Å²) in [4.78, 5) is 15.5. The highest BCUT2D eigenvalue weighted by Gasteiger charge is 2.62. The van der Waals surface area contributed by atoms with Crippen LogP contribution in [0.15, 0.2) is 12.4 Å². The second-order valence-corrected chi connectivity index (χ2v) is 4.90. The van der Waals surface area contributed by atoms with Gasteiger partial charge in [-0.15, -0.1) is 0 Å². The normalized spacial score (nSPS) is 16.8. The van der Waals surface area contributed by atoms with Gasteiger partial charge in [-0.3, -0.25) is 0 Å². The molecule has 5 nitrogen and oxygen atoms in total. The molecular weight excluding hydrogens is 275 g/mol. The molecule has 0 spiro atoms. The lowest BCUT2D eigenvalue weighted by molar-refractivity contribution is -0.189. The molecule has 1 aliphatic rings. The van der Waals surface area contributed by atoms with E-state index >= 15 is 0 Å². The first kappa shape index (κ1) is 14.7. The van der Waals surface area contributed by atoms with E-state index in [0.29, 0.717) is 6.42 Å². The summed E-state index contributed by atoms with van der Waals surface area (Å²) in [7, 11) is 1.38. The summed E-state index contributed by atoms with van der Waals surface area (Å²) < 4.78 is 44.1. The summed E-state index contributed by atoms with van der Waals surface area (Å²) in [6.45, 7) is 0.192. The van der Waals surface area contributed by atoms with E-state index in [2.05, 4.69) is 10.3 Å². The van der Waals surface area contributed by atoms with Gasteiger partial charge < -0.3 is 10.1 Å². The van der Waals surface area contributed by atoms with Crippen LogP contribution in [-0.4, -0.2) is 35.4 Å². The first-order valence-corrected chi connectivity index (χ1v) is 6.32. The second-order valence-electron chi connectivity index (χ2n) is 4.90. The van der Waals surface area contributed by atoms with Crippen molar-refractivity contribution in [3.05, 3.63) is 12.4 Å². The molecule has 1 aromatic heterocycles. The topological polar surface area (TPSA) is 56.2 Å². The maximum atomic E-state index is 12.7. The third-order valence-electron chi connectivity index (χ3n) is 3.57. The SMILES string of the molecule is COc1nccn1C(=O)NCCCC1(C(F)(F)F)CC1. The van der Waals surface area contributed by atoms with Crippen molar-refractivity contribution in [3.63, 3.8) is 0 Å². The molecule has 1 aliphatic carbocycles. The molecule has 0 aliphatic heterocycles. The molecule has 1 saturated carbocycles. The predicted molar refractivity (Wildman–Crippen MR) is 64.5 cm³/mol. The van der Waals surface area contributed by atoms with Gasteiger partial charge in [0.05, 0.1) is 12.5 Å². The number of rotatable bonds is 5. The van der Waals surface area contributed by atoms with Crippen LogP contribution in [0.1, 0.15) is 25.7 Å². The zero-order valence-corrected chi connectivity index (χ0v) is 11.0. The molecule has 0 saturated heterocycles. The minimum Gasteiger partial charge on any atom is -0.468 e. The number of imidazole rings is 1. The van der Waals surface area contributed by atoms with E-state index in [0.717, 1.165) is 4.57 Å². The lowest BCUT2D eigenvalue weighted by atomic mass is 10.00. The van der Waals surface area contributed by atoms with Gasteiger partial charge in [-0.05, 0) is 25.7 Å². The highest BCUT2D eigenvalue weighted by molar-refractivity contribution is 5.77. The Morgan fingerprint density at radius 3 is 2.80 bits per heavy atom. The van der Waals surface area contributed by atoms with Gasteiger partial charge >= 0.3 is 18.2 Å². The van der Waals surface area contributed by atoms with Gasteiger partial charge in [0.1, 0.15) is 0 Å². The van der Waals surface area contributed by atoms with Gasteiger partial charge in [0.15, 0.2) is 0 Å². The number of carbonyl (C=O) groups is 1. The molecule has 0 radical (unpaired) electrons. The van der Waals surface area contributed by atoms with Crippen LogP contribution in [0, 0.1) is 5.41 Å². The van der Waals surface area contributed by atoms with Crippen LogP contribution in [0.4, 0.5) is 18.0 Å². The summed E-state index contributed by atoms with van der Waals surface area (Å²) >= 11 is 0. The lowest BCUT2D eigenvalue weighted by Gasteiger charge is -2.18. The van der Waals surface area contributed by atoms with Gasteiger partial charge in [0.25, 0.3) is 0 Å². The number of methoxy groups -OCH3 is 1. The number of nitrogens with one attached hydrogen (secondary N) is 1. The van der Waals surface area contributed by atoms with Crippen molar-refractivity contribution in [2.24, 2.45) is 5.41 Å². The Labute approximate surface area is 114 Å². The van der Waals surface area contributed by atoms with E-state index in [4.69, 9.17) is 4.74 Å². The molecule has 20 heavy (non-hydrogen) atoms. The van der Waals surface area contributed by atoms with Crippen LogP contribution in [-0.2, 0) is 0 Å². The first-order chi connectivity index (χ1) is 9.39. The van der Waals surface area contributed by atoms with Crippen molar-refractivity contribution in [1.29, 1.82) is 0 Å². The van der Waals surface area contributed by atoms with Gasteiger partial charge in [-0.25, -0.2) is 14.3 Å². The van der Waals surface area contributed by atoms with Crippen molar-refractivity contribution in [2.75, 3.05) is 13.7 Å². The van der Waals surface area contributed by atoms with E-state index in [9.17, 15) is 18.0 Å². The number of nitrogens with zero attached hydrogens (tertiary/aromatic N) is 2. The van der Waals surface area contributed by atoms with Gasteiger partial charge in [-0.2, -0.15) is 13.2 Å². The van der Waals surface area contributed by atoms with Crippen molar-refractivity contribution in [2.45, 2.75) is 31.9 Å². The van der Waals surface area contributed by atoms with E-state index in [1.807, 2.05) is 0 Å². The molecule has 0 unspecified atom stereocenters. The third-order valence-corrected chi connectivity index (χ3v) is 3.57. The monoisotopic (exact) mass is 291 g/mol. The van der Waals surface area contributed by atoms with Crippen LogP contribution >= 0.6 is 0 Å². The fraction of sp³-hybridized carbons (Fsp3) is 0.667. The third kappa shape index (κ3) is 2.88. The average molecular weight is 291 g/mol. The average Bonchev–Trinajstić information content (AvgIpc) is 3.03. The predicted octanol–water partition coefficient (Wildman–Crippen LogP) is 2.57. The fourth-order valence-electron chi connectivity index (χ4n) is 2.13. The van der Waals surface area contributed by atoms with Crippen LogP contribution < -0.4 is 10.1 Å². The van der Waals surface area contributed by atoms with E-state index in [1.54, 1.807) is 0 Å². The Morgan fingerprint density at radius 1 is 1.55 bits per heavy atom. The number of hydrogen-bond donors (Lipinski definition) is 1. The number of halogens is 3. The Balaban J connectivity index is 1.76. The van der Waals surface area contributed by atoms with E-state index < -0.39 is 17.6 Å². The number of aromatic nitrogens is 2. The summed E-state index contributed by atoms with van der Waals surface area (Å²) in [5.74, 6) is 0. The number of carbonyl (C=O) groups excluding carboxylic acids is 1. The molecule has 1 aromatic rings. The molecular formula is C12H16F3N3O2. The number of amides is 1. The minimum atomic E-state index is -4.13. The maximum absolute atomic E-state index is 12.7. The summed E-state index contributed by atoms with van der Waals surface area (Å²) in [6, 6.07) is -0.326. The Morgan fingerprint density at radius 2 is 2.25 bits per heavy atom. The molecule has 1 amide bonds. The summed E-state index contributed by atoms with van der Waals surface area (Å²) in [5, 5.41) is 2.55. The van der Waals surface area contributed by atoms with Gasteiger partial charge in [0, 0.05) is 18.9 Å². The molecule has 1 heterocycles. The van der Waals surface area contributed by atoms with E-state index in [-0.39, 0.29) is 31.8 Å². The van der Waals surface area contributed by atoms with Crippen LogP contribution in [0.3, 0.4) is 0 Å². The molecule has 0 aromatic carbocycles. The molecule has 1 fully saturated rings. The number of ether oxygens (including phenoxy) is 1. The van der Waals surface area contributed by atoms with Crippen LogP contribution in [0.5, 0.6) is 6.01 Å². The van der Waals surface area contributed by atoms with Crippen molar-refractivity contribution < 1.29 is 22.7 Å². The summed E-state index contributed by atoms with van der Waals surface area (Å²) in [6.07, 6.45) is -0.572. The van der Waals surface area contributed by atoms with Crippen molar-refractivity contribution in [3.8, 4) is 6.01 Å². The Hall–Kier alpha value is -1.73. The fourth-order valence-corrected chi connectivity index (χ4v) is 2.13. The number of hydrogen-bond acceptors (Lipinski definition) is 3. The van der Waals surface area contributed by atoms with E-state index in [1.165, 1.54) is 19.5 Å². The quantitative estimate of drug-likeness (QED) is 0.848. The van der Waals surface area contributed by atoms with Crippen LogP contribution in [0.2, 0.25) is 0 Å². The second kappa shape index (κ2) is 5.34. The zero-order chi connectivity index (χ0) is 14.8. The molecule has 8 heteroatoms. The molecule has 112 valence electrons. The molecule has 0 bridgehead atoms. The highest BCUT2D eigenvalue weighted by atomic mass is 19.4. The van der Waals surface area contributed by atoms with Gasteiger partial charge in [-0.1, -0.05) is 0 Å². The molecule has 1 N–H and O–H groups in total.